The lowest BCUT2D eigenvalue weighted by atomic mass is 10.0. The monoisotopic (exact) mass is 525 g/mol. The van der Waals surface area contributed by atoms with Gasteiger partial charge in [-0.15, -0.1) is 0 Å². The molecule has 38 heavy (non-hydrogen) atoms. The van der Waals surface area contributed by atoms with Gasteiger partial charge >= 0.3 is 6.18 Å². The van der Waals surface area contributed by atoms with Crippen LogP contribution in [0.5, 0.6) is 11.6 Å². The summed E-state index contributed by atoms with van der Waals surface area (Å²) in [6.45, 7) is 3.27. The first-order chi connectivity index (χ1) is 18.1. The number of anilines is 1. The zero-order chi connectivity index (χ0) is 27.3. The molecule has 0 aliphatic heterocycles. The molecule has 0 atom stereocenters. The first kappa shape index (κ1) is 27.3. The molecule has 1 amide bonds. The highest BCUT2D eigenvalue weighted by Crippen LogP contribution is 2.33. The predicted octanol–water partition coefficient (Wildman–Crippen LogP) is 6.78. The van der Waals surface area contributed by atoms with Gasteiger partial charge in [-0.1, -0.05) is 12.1 Å². The number of nitrogens with zero attached hydrogens (tertiary/aromatic N) is 2. The van der Waals surface area contributed by atoms with E-state index in [9.17, 15) is 22.8 Å². The molecule has 9 heteroatoms. The van der Waals surface area contributed by atoms with Crippen molar-refractivity contribution in [3.63, 3.8) is 0 Å². The molecule has 0 spiro atoms. The van der Waals surface area contributed by atoms with Gasteiger partial charge in [0.25, 0.3) is 0 Å². The molecule has 0 saturated heterocycles. The molecule has 2 aromatic carbocycles. The largest absolute Gasteiger partial charge is 0.439 e. The van der Waals surface area contributed by atoms with Crippen molar-refractivity contribution in [2.75, 3.05) is 5.32 Å². The molecular formula is C29H30F3N3O3. The highest BCUT2D eigenvalue weighted by atomic mass is 19.4. The first-order valence-electron chi connectivity index (χ1n) is 12.7. The summed E-state index contributed by atoms with van der Waals surface area (Å²) in [6, 6.07) is 11.2. The Bertz CT molecular complexity index is 1320. The Hall–Kier alpha value is -3.75. The standard InChI is InChI=1S/C29H30F3N3O3/c1-18-6-7-20(15-24(18)29(30,31)32)4-3-5-27(37)35-25-12-11-23(14-19(25)2)38-28-16-22(33-17-34-28)10-13-26(36)21-8-9-21/h6-7,11-12,14-17,21H,3-5,8-10,13H2,1-2H3,(H,35,37). The summed E-state index contributed by atoms with van der Waals surface area (Å²) in [7, 11) is 0. The normalized spacial score (nSPS) is 13.3. The van der Waals surface area contributed by atoms with E-state index in [1.54, 1.807) is 30.3 Å². The Kier molecular flexibility index (Phi) is 8.44. The van der Waals surface area contributed by atoms with Gasteiger partial charge in [0, 0.05) is 36.2 Å². The molecule has 0 bridgehead atoms. The van der Waals surface area contributed by atoms with Crippen molar-refractivity contribution < 1.29 is 27.5 Å². The lowest BCUT2D eigenvalue weighted by Gasteiger charge is -2.13. The number of aryl methyl sites for hydroxylation is 4. The number of alkyl halides is 3. The van der Waals surface area contributed by atoms with Gasteiger partial charge in [0.15, 0.2) is 0 Å². The van der Waals surface area contributed by atoms with E-state index in [1.807, 2.05) is 6.92 Å². The van der Waals surface area contributed by atoms with Crippen molar-refractivity contribution in [1.29, 1.82) is 0 Å². The zero-order valence-electron chi connectivity index (χ0n) is 21.4. The molecule has 0 radical (unpaired) electrons. The minimum Gasteiger partial charge on any atom is -0.439 e. The Morgan fingerprint density at radius 1 is 0.974 bits per heavy atom. The van der Waals surface area contributed by atoms with Crippen LogP contribution in [0.4, 0.5) is 18.9 Å². The molecule has 1 fully saturated rings. The number of hydrogen-bond acceptors (Lipinski definition) is 5. The van der Waals surface area contributed by atoms with Gasteiger partial charge in [0.05, 0.1) is 5.56 Å². The predicted molar refractivity (Wildman–Crippen MR) is 137 cm³/mol. The quantitative estimate of drug-likeness (QED) is 0.299. The van der Waals surface area contributed by atoms with Gasteiger partial charge in [-0.2, -0.15) is 13.2 Å². The van der Waals surface area contributed by atoms with Crippen LogP contribution in [0, 0.1) is 19.8 Å². The molecule has 1 aliphatic carbocycles. The third-order valence-electron chi connectivity index (χ3n) is 6.53. The number of Topliss-reactive ketones (excluding diaryl/α,β-unsaturated/α-hetero) is 1. The molecule has 200 valence electrons. The highest BCUT2D eigenvalue weighted by molar-refractivity contribution is 5.91. The van der Waals surface area contributed by atoms with E-state index in [0.29, 0.717) is 48.6 Å². The smallest absolute Gasteiger partial charge is 0.416 e. The molecule has 1 N–H and O–H groups in total. The van der Waals surface area contributed by atoms with Crippen LogP contribution in [-0.2, 0) is 28.6 Å². The number of rotatable bonds is 11. The fourth-order valence-corrected chi connectivity index (χ4v) is 4.19. The summed E-state index contributed by atoms with van der Waals surface area (Å²) in [5.74, 6) is 1.21. The molecule has 6 nitrogen and oxygen atoms in total. The van der Waals surface area contributed by atoms with Gasteiger partial charge in [0.1, 0.15) is 17.9 Å². The third kappa shape index (κ3) is 7.63. The minimum atomic E-state index is -4.39. The topological polar surface area (TPSA) is 81.2 Å². The Labute approximate surface area is 219 Å². The number of benzene rings is 2. The lowest BCUT2D eigenvalue weighted by molar-refractivity contribution is -0.138. The van der Waals surface area contributed by atoms with Crippen molar-refractivity contribution in [2.45, 2.75) is 65.0 Å². The van der Waals surface area contributed by atoms with Gasteiger partial charge in [0.2, 0.25) is 11.8 Å². The van der Waals surface area contributed by atoms with Crippen LogP contribution in [0.25, 0.3) is 0 Å². The maximum absolute atomic E-state index is 13.1. The number of carbonyl (C=O) groups is 2. The number of hydrogen-bond donors (Lipinski definition) is 1. The Morgan fingerprint density at radius 3 is 2.47 bits per heavy atom. The first-order valence-corrected chi connectivity index (χ1v) is 12.7. The van der Waals surface area contributed by atoms with Crippen LogP contribution >= 0.6 is 0 Å². The van der Waals surface area contributed by atoms with Crippen LogP contribution in [0.3, 0.4) is 0 Å². The second-order valence-corrected chi connectivity index (χ2v) is 9.72. The van der Waals surface area contributed by atoms with E-state index in [4.69, 9.17) is 4.74 Å². The van der Waals surface area contributed by atoms with E-state index in [2.05, 4.69) is 15.3 Å². The Morgan fingerprint density at radius 2 is 1.76 bits per heavy atom. The van der Waals surface area contributed by atoms with Crippen molar-refractivity contribution >= 4 is 17.4 Å². The molecule has 3 aromatic rings. The second-order valence-electron chi connectivity index (χ2n) is 9.72. The summed E-state index contributed by atoms with van der Waals surface area (Å²) in [6.07, 6.45) is 0.996. The number of halogens is 3. The maximum Gasteiger partial charge on any atom is 0.416 e. The fourth-order valence-electron chi connectivity index (χ4n) is 4.19. The summed E-state index contributed by atoms with van der Waals surface area (Å²) in [5.41, 5.74) is 2.25. The average molecular weight is 526 g/mol. The van der Waals surface area contributed by atoms with E-state index < -0.39 is 11.7 Å². The van der Waals surface area contributed by atoms with Crippen LogP contribution in [0.2, 0.25) is 0 Å². The summed E-state index contributed by atoms with van der Waals surface area (Å²) in [4.78, 5) is 32.7. The number of ketones is 1. The summed E-state index contributed by atoms with van der Waals surface area (Å²) in [5, 5.41) is 2.85. The van der Waals surface area contributed by atoms with E-state index in [1.165, 1.54) is 19.3 Å². The van der Waals surface area contributed by atoms with Crippen LogP contribution in [0.15, 0.2) is 48.8 Å². The number of aromatic nitrogens is 2. The summed E-state index contributed by atoms with van der Waals surface area (Å²) < 4.78 is 45.2. The lowest BCUT2D eigenvalue weighted by Crippen LogP contribution is -2.12. The minimum absolute atomic E-state index is 0.180. The highest BCUT2D eigenvalue weighted by Gasteiger charge is 2.32. The molecule has 1 aromatic heterocycles. The Balaban J connectivity index is 1.27. The number of amides is 1. The van der Waals surface area contributed by atoms with Gasteiger partial charge in [-0.05, 0) is 86.9 Å². The average Bonchev–Trinajstić information content (AvgIpc) is 3.71. The van der Waals surface area contributed by atoms with Crippen LogP contribution in [0.1, 0.15) is 60.1 Å². The van der Waals surface area contributed by atoms with Gasteiger partial charge in [-0.3, -0.25) is 9.59 Å². The number of carbonyl (C=O) groups excluding carboxylic acids is 2. The second kappa shape index (κ2) is 11.8. The SMILES string of the molecule is Cc1cc(Oc2cc(CCC(=O)C3CC3)ncn2)ccc1NC(=O)CCCc1ccc(C)c(C(F)(F)F)c1. The van der Waals surface area contributed by atoms with Crippen LogP contribution < -0.4 is 10.1 Å². The van der Waals surface area contributed by atoms with Crippen molar-refractivity contribution in [3.05, 3.63) is 76.7 Å². The van der Waals surface area contributed by atoms with E-state index in [-0.39, 0.29) is 29.6 Å². The fraction of sp³-hybridized carbons (Fsp3) is 0.379. The number of ether oxygens (including phenoxy) is 1. The maximum atomic E-state index is 13.1. The van der Waals surface area contributed by atoms with Crippen molar-refractivity contribution in [3.8, 4) is 11.6 Å². The van der Waals surface area contributed by atoms with Crippen LogP contribution in [-0.4, -0.2) is 21.7 Å². The van der Waals surface area contributed by atoms with Crippen molar-refractivity contribution in [2.24, 2.45) is 5.92 Å². The third-order valence-corrected chi connectivity index (χ3v) is 6.53. The molecule has 0 unspecified atom stereocenters. The summed E-state index contributed by atoms with van der Waals surface area (Å²) >= 11 is 0. The van der Waals surface area contributed by atoms with Crippen molar-refractivity contribution in [1.82, 2.24) is 9.97 Å². The molecule has 4 rings (SSSR count). The van der Waals surface area contributed by atoms with E-state index >= 15 is 0 Å². The molecule has 1 heterocycles. The van der Waals surface area contributed by atoms with E-state index in [0.717, 1.165) is 30.2 Å². The van der Waals surface area contributed by atoms with Gasteiger partial charge in [-0.25, -0.2) is 9.97 Å². The molecule has 1 saturated carbocycles. The molecule has 1 aliphatic rings. The zero-order valence-corrected chi connectivity index (χ0v) is 21.4. The number of nitrogens with one attached hydrogen (secondary N) is 1. The molecular weight excluding hydrogens is 495 g/mol. The van der Waals surface area contributed by atoms with Gasteiger partial charge < -0.3 is 10.1 Å².